The standard InChI is InChI=1S/C25H28N2O5S/c28-25(18-26(15-20-4-1-9-29-20)16-21-5-2-10-30-21)27(17-22-6-3-13-33-22)19-7-8-23-24(14-19)32-12-11-31-23/h1,3-4,6-9,13-14,21H,2,5,10-12,15-18H2. The number of furan rings is 1. The molecule has 174 valence electrons. The van der Waals surface area contributed by atoms with Crippen LogP contribution in [0.4, 0.5) is 5.69 Å². The minimum atomic E-state index is 0.0182. The van der Waals surface area contributed by atoms with Crippen molar-refractivity contribution in [3.05, 3.63) is 64.7 Å². The number of hydrogen-bond acceptors (Lipinski definition) is 7. The molecule has 1 amide bonds. The number of anilines is 1. The molecule has 2 aliphatic heterocycles. The van der Waals surface area contributed by atoms with Gasteiger partial charge in [0.2, 0.25) is 5.91 Å². The number of thiophene rings is 1. The molecule has 1 atom stereocenters. The summed E-state index contributed by atoms with van der Waals surface area (Å²) in [5, 5.41) is 2.03. The molecule has 0 spiro atoms. The summed E-state index contributed by atoms with van der Waals surface area (Å²) in [7, 11) is 0. The third-order valence-electron chi connectivity index (χ3n) is 5.84. The van der Waals surface area contributed by atoms with Crippen LogP contribution >= 0.6 is 11.3 Å². The molecule has 7 nitrogen and oxygen atoms in total. The second-order valence-electron chi connectivity index (χ2n) is 8.27. The number of rotatable bonds is 9. The molecular weight excluding hydrogens is 440 g/mol. The van der Waals surface area contributed by atoms with Gasteiger partial charge in [-0.3, -0.25) is 9.69 Å². The van der Waals surface area contributed by atoms with Gasteiger partial charge in [0, 0.05) is 29.8 Å². The quantitative estimate of drug-likeness (QED) is 0.466. The molecule has 0 N–H and O–H groups in total. The van der Waals surface area contributed by atoms with Gasteiger partial charge in [0.1, 0.15) is 19.0 Å². The lowest BCUT2D eigenvalue weighted by Gasteiger charge is -2.29. The summed E-state index contributed by atoms with van der Waals surface area (Å²) in [5.74, 6) is 2.25. The molecule has 1 fully saturated rings. The van der Waals surface area contributed by atoms with Gasteiger partial charge in [-0.25, -0.2) is 0 Å². The minimum absolute atomic E-state index is 0.0182. The highest BCUT2D eigenvalue weighted by molar-refractivity contribution is 7.09. The van der Waals surface area contributed by atoms with E-state index in [9.17, 15) is 4.79 Å². The summed E-state index contributed by atoms with van der Waals surface area (Å²) in [5.41, 5.74) is 0.799. The fourth-order valence-corrected chi connectivity index (χ4v) is 4.94. The number of carbonyl (C=O) groups excluding carboxylic acids is 1. The average molecular weight is 469 g/mol. The maximum absolute atomic E-state index is 13.7. The monoisotopic (exact) mass is 468 g/mol. The van der Waals surface area contributed by atoms with E-state index in [1.807, 2.05) is 46.7 Å². The summed E-state index contributed by atoms with van der Waals surface area (Å²) in [6.45, 7) is 3.86. The van der Waals surface area contributed by atoms with Crippen molar-refractivity contribution in [2.75, 3.05) is 37.8 Å². The van der Waals surface area contributed by atoms with Gasteiger partial charge in [-0.2, -0.15) is 0 Å². The Kier molecular flexibility index (Phi) is 6.95. The van der Waals surface area contributed by atoms with E-state index in [-0.39, 0.29) is 18.6 Å². The number of ether oxygens (including phenoxy) is 3. The van der Waals surface area contributed by atoms with Crippen molar-refractivity contribution in [2.45, 2.75) is 32.0 Å². The lowest BCUT2D eigenvalue weighted by molar-refractivity contribution is -0.120. The molecule has 3 aromatic rings. The first kappa shape index (κ1) is 22.0. The van der Waals surface area contributed by atoms with Crippen molar-refractivity contribution in [3.63, 3.8) is 0 Å². The molecule has 0 saturated carbocycles. The van der Waals surface area contributed by atoms with Gasteiger partial charge in [-0.15, -0.1) is 11.3 Å². The first-order valence-corrected chi connectivity index (χ1v) is 12.2. The van der Waals surface area contributed by atoms with Gasteiger partial charge in [0.05, 0.1) is 32.0 Å². The Morgan fingerprint density at radius 2 is 1.94 bits per heavy atom. The molecule has 1 unspecified atom stereocenters. The van der Waals surface area contributed by atoms with Gasteiger partial charge >= 0.3 is 0 Å². The molecule has 1 aromatic carbocycles. The summed E-state index contributed by atoms with van der Waals surface area (Å²) in [6, 6.07) is 13.6. The van der Waals surface area contributed by atoms with E-state index in [1.165, 1.54) is 0 Å². The minimum Gasteiger partial charge on any atom is -0.486 e. The maximum atomic E-state index is 13.7. The predicted molar refractivity (Wildman–Crippen MR) is 126 cm³/mol. The normalized spacial score (nSPS) is 17.4. The van der Waals surface area contributed by atoms with Crippen LogP contribution in [-0.4, -0.2) is 49.8 Å². The van der Waals surface area contributed by atoms with Crippen LogP contribution in [0.15, 0.2) is 58.5 Å². The number of benzene rings is 1. The number of amides is 1. The van der Waals surface area contributed by atoms with Crippen molar-refractivity contribution in [1.82, 2.24) is 4.90 Å². The van der Waals surface area contributed by atoms with Crippen molar-refractivity contribution >= 4 is 22.9 Å². The molecular formula is C25H28N2O5S. The molecule has 0 radical (unpaired) electrons. The van der Waals surface area contributed by atoms with E-state index < -0.39 is 0 Å². The number of fused-ring (bicyclic) bond motifs is 1. The zero-order chi connectivity index (χ0) is 22.5. The first-order valence-electron chi connectivity index (χ1n) is 11.3. The Labute approximate surface area is 197 Å². The van der Waals surface area contributed by atoms with Crippen molar-refractivity contribution in [2.24, 2.45) is 0 Å². The largest absolute Gasteiger partial charge is 0.486 e. The van der Waals surface area contributed by atoms with Gasteiger partial charge in [0.25, 0.3) is 0 Å². The molecule has 0 aliphatic carbocycles. The molecule has 2 aromatic heterocycles. The van der Waals surface area contributed by atoms with Gasteiger partial charge in [-0.05, 0) is 48.6 Å². The zero-order valence-corrected chi connectivity index (χ0v) is 19.3. The third kappa shape index (κ3) is 5.58. The van der Waals surface area contributed by atoms with E-state index >= 15 is 0 Å². The molecule has 33 heavy (non-hydrogen) atoms. The molecule has 5 rings (SSSR count). The van der Waals surface area contributed by atoms with E-state index in [2.05, 4.69) is 11.0 Å². The predicted octanol–water partition coefficient (Wildman–Crippen LogP) is 4.33. The number of hydrogen-bond donors (Lipinski definition) is 0. The Hall–Kier alpha value is -2.81. The van der Waals surface area contributed by atoms with Crippen molar-refractivity contribution in [3.8, 4) is 11.5 Å². The van der Waals surface area contributed by atoms with Crippen LogP contribution in [-0.2, 0) is 22.6 Å². The fourth-order valence-electron chi connectivity index (χ4n) is 4.24. The van der Waals surface area contributed by atoms with Crippen LogP contribution < -0.4 is 14.4 Å². The smallest absolute Gasteiger partial charge is 0.241 e. The second kappa shape index (κ2) is 10.4. The lowest BCUT2D eigenvalue weighted by Crippen LogP contribution is -2.42. The summed E-state index contributed by atoms with van der Waals surface area (Å²) < 4.78 is 22.9. The third-order valence-corrected chi connectivity index (χ3v) is 6.70. The summed E-state index contributed by atoms with van der Waals surface area (Å²) in [6.07, 6.45) is 3.89. The van der Waals surface area contributed by atoms with Crippen LogP contribution in [0, 0.1) is 0 Å². The van der Waals surface area contributed by atoms with E-state index in [1.54, 1.807) is 17.6 Å². The topological polar surface area (TPSA) is 64.4 Å². The number of carbonyl (C=O) groups is 1. The van der Waals surface area contributed by atoms with Crippen molar-refractivity contribution < 1.29 is 23.4 Å². The lowest BCUT2D eigenvalue weighted by atomic mass is 10.2. The highest BCUT2D eigenvalue weighted by Crippen LogP contribution is 2.35. The molecule has 1 saturated heterocycles. The Morgan fingerprint density at radius 1 is 1.03 bits per heavy atom. The van der Waals surface area contributed by atoms with Crippen LogP contribution in [0.1, 0.15) is 23.5 Å². The zero-order valence-electron chi connectivity index (χ0n) is 18.5. The Bertz CT molecular complexity index is 1030. The Morgan fingerprint density at radius 3 is 2.70 bits per heavy atom. The second-order valence-corrected chi connectivity index (χ2v) is 9.30. The van der Waals surface area contributed by atoms with Crippen LogP contribution in [0.25, 0.3) is 0 Å². The maximum Gasteiger partial charge on any atom is 0.241 e. The molecule has 8 heteroatoms. The van der Waals surface area contributed by atoms with E-state index in [4.69, 9.17) is 18.6 Å². The molecule has 4 heterocycles. The number of nitrogens with zero attached hydrogens (tertiary/aromatic N) is 2. The first-order chi connectivity index (χ1) is 16.2. The average Bonchev–Trinajstić information content (AvgIpc) is 3.61. The van der Waals surface area contributed by atoms with Crippen LogP contribution in [0.5, 0.6) is 11.5 Å². The highest BCUT2D eigenvalue weighted by atomic mass is 32.1. The van der Waals surface area contributed by atoms with E-state index in [0.717, 1.165) is 35.8 Å². The van der Waals surface area contributed by atoms with Crippen molar-refractivity contribution in [1.29, 1.82) is 0 Å². The highest BCUT2D eigenvalue weighted by Gasteiger charge is 2.26. The molecule has 0 bridgehead atoms. The van der Waals surface area contributed by atoms with Crippen LogP contribution in [0.3, 0.4) is 0 Å². The molecule has 2 aliphatic rings. The summed E-state index contributed by atoms with van der Waals surface area (Å²) >= 11 is 1.64. The SMILES string of the molecule is O=C(CN(Cc1ccco1)CC1CCCO1)N(Cc1cccs1)c1ccc2c(c1)OCCO2. The van der Waals surface area contributed by atoms with Gasteiger partial charge < -0.3 is 23.5 Å². The van der Waals surface area contributed by atoms with Gasteiger partial charge in [-0.1, -0.05) is 6.07 Å². The van der Waals surface area contributed by atoms with E-state index in [0.29, 0.717) is 44.3 Å². The summed E-state index contributed by atoms with van der Waals surface area (Å²) in [4.78, 5) is 18.8. The Balaban J connectivity index is 1.37. The van der Waals surface area contributed by atoms with Crippen LogP contribution in [0.2, 0.25) is 0 Å². The van der Waals surface area contributed by atoms with Gasteiger partial charge in [0.15, 0.2) is 11.5 Å². The fraction of sp³-hybridized carbons (Fsp3) is 0.400.